The molecule has 108 valence electrons. The van der Waals surface area contributed by atoms with Crippen LogP contribution < -0.4 is 4.74 Å². The number of likely N-dealkylation sites (tertiary alicyclic amines) is 1. The van der Waals surface area contributed by atoms with Gasteiger partial charge in [-0.2, -0.15) is 0 Å². The van der Waals surface area contributed by atoms with Gasteiger partial charge in [0.05, 0.1) is 0 Å². The summed E-state index contributed by atoms with van der Waals surface area (Å²) >= 11 is 5.82. The van der Waals surface area contributed by atoms with Gasteiger partial charge in [-0.05, 0) is 30.5 Å². The average molecular weight is 298 g/mol. The van der Waals surface area contributed by atoms with E-state index in [2.05, 4.69) is 0 Å². The number of hydrogen-bond donors (Lipinski definition) is 1. The summed E-state index contributed by atoms with van der Waals surface area (Å²) in [6, 6.07) is 6.86. The Morgan fingerprint density at radius 3 is 2.95 bits per heavy atom. The molecule has 0 aliphatic carbocycles. The van der Waals surface area contributed by atoms with E-state index in [4.69, 9.17) is 21.4 Å². The highest BCUT2D eigenvalue weighted by Gasteiger charge is 2.27. The zero-order valence-corrected chi connectivity index (χ0v) is 11.7. The molecule has 0 bridgehead atoms. The number of hydrogen-bond acceptors (Lipinski definition) is 3. The normalized spacial score (nSPS) is 18.1. The highest BCUT2D eigenvalue weighted by Crippen LogP contribution is 2.20. The summed E-state index contributed by atoms with van der Waals surface area (Å²) < 4.78 is 5.39. The number of aliphatic carboxylic acids is 1. The first-order chi connectivity index (χ1) is 9.54. The van der Waals surface area contributed by atoms with Crippen LogP contribution in [0.1, 0.15) is 12.8 Å². The van der Waals surface area contributed by atoms with Crippen LogP contribution in [0.15, 0.2) is 24.3 Å². The standard InChI is InChI=1S/C14H16ClNO4/c15-11-2-1-3-12(7-11)20-9-13(17)16-5-4-10(8-16)6-14(18)19/h1-3,7,10H,4-6,8-9H2,(H,18,19). The number of carboxylic acid groups (broad SMARTS) is 1. The number of nitrogens with zero attached hydrogens (tertiary/aromatic N) is 1. The lowest BCUT2D eigenvalue weighted by Gasteiger charge is -2.16. The molecule has 1 heterocycles. The summed E-state index contributed by atoms with van der Waals surface area (Å²) in [7, 11) is 0. The molecule has 0 saturated carbocycles. The van der Waals surface area contributed by atoms with E-state index in [1.807, 2.05) is 0 Å². The third-order valence-electron chi connectivity index (χ3n) is 3.26. The molecule has 20 heavy (non-hydrogen) atoms. The second-order valence-corrected chi connectivity index (χ2v) is 5.27. The third kappa shape index (κ3) is 4.13. The molecule has 1 saturated heterocycles. The maximum absolute atomic E-state index is 12.0. The van der Waals surface area contributed by atoms with Crippen LogP contribution in [0.5, 0.6) is 5.75 Å². The Morgan fingerprint density at radius 2 is 2.25 bits per heavy atom. The van der Waals surface area contributed by atoms with Crippen molar-refractivity contribution in [3.63, 3.8) is 0 Å². The van der Waals surface area contributed by atoms with E-state index in [1.54, 1.807) is 29.2 Å². The summed E-state index contributed by atoms with van der Waals surface area (Å²) in [5.41, 5.74) is 0. The molecule has 1 aromatic carbocycles. The fraction of sp³-hybridized carbons (Fsp3) is 0.429. The number of carbonyl (C=O) groups excluding carboxylic acids is 1. The van der Waals surface area contributed by atoms with Crippen LogP contribution in [-0.2, 0) is 9.59 Å². The molecule has 0 aromatic heterocycles. The van der Waals surface area contributed by atoms with Crippen LogP contribution in [0.4, 0.5) is 0 Å². The van der Waals surface area contributed by atoms with Gasteiger partial charge in [-0.25, -0.2) is 0 Å². The number of carboxylic acids is 1. The Balaban J connectivity index is 1.80. The van der Waals surface area contributed by atoms with Gasteiger partial charge < -0.3 is 14.7 Å². The molecule has 1 aromatic rings. The molecule has 2 rings (SSSR count). The number of ether oxygens (including phenoxy) is 1. The number of rotatable bonds is 5. The van der Waals surface area contributed by atoms with Gasteiger partial charge in [0.2, 0.25) is 0 Å². The molecule has 1 aliphatic heterocycles. The summed E-state index contributed by atoms with van der Waals surface area (Å²) in [6.45, 7) is 1.03. The van der Waals surface area contributed by atoms with Crippen LogP contribution in [0.25, 0.3) is 0 Å². The molecule has 0 spiro atoms. The highest BCUT2D eigenvalue weighted by atomic mass is 35.5. The molecule has 1 atom stereocenters. The van der Waals surface area contributed by atoms with Crippen molar-refractivity contribution < 1.29 is 19.4 Å². The van der Waals surface area contributed by atoms with Crippen molar-refractivity contribution in [2.75, 3.05) is 19.7 Å². The van der Waals surface area contributed by atoms with Gasteiger partial charge in [-0.1, -0.05) is 17.7 Å². The number of amides is 1. The third-order valence-corrected chi connectivity index (χ3v) is 3.50. The fourth-order valence-electron chi connectivity index (χ4n) is 2.27. The van der Waals surface area contributed by atoms with Crippen molar-refractivity contribution in [3.8, 4) is 5.75 Å². The molecule has 5 nitrogen and oxygen atoms in total. The van der Waals surface area contributed by atoms with E-state index in [0.717, 1.165) is 6.42 Å². The minimum atomic E-state index is -0.820. The summed E-state index contributed by atoms with van der Waals surface area (Å²) in [4.78, 5) is 24.2. The van der Waals surface area contributed by atoms with Crippen molar-refractivity contribution in [1.82, 2.24) is 4.90 Å². The van der Waals surface area contributed by atoms with Gasteiger partial charge in [-0.15, -0.1) is 0 Å². The van der Waals surface area contributed by atoms with E-state index in [1.165, 1.54) is 0 Å². The number of benzene rings is 1. The summed E-state index contributed by atoms with van der Waals surface area (Å²) in [5.74, 6) is -0.355. The first-order valence-corrected chi connectivity index (χ1v) is 6.80. The van der Waals surface area contributed by atoms with Gasteiger partial charge in [0.1, 0.15) is 5.75 Å². The van der Waals surface area contributed by atoms with Crippen molar-refractivity contribution in [3.05, 3.63) is 29.3 Å². The Morgan fingerprint density at radius 1 is 1.45 bits per heavy atom. The zero-order valence-electron chi connectivity index (χ0n) is 10.9. The molecular formula is C14H16ClNO4. The van der Waals surface area contributed by atoms with E-state index in [0.29, 0.717) is 23.9 Å². The van der Waals surface area contributed by atoms with Gasteiger partial charge in [0, 0.05) is 24.5 Å². The second kappa shape index (κ2) is 6.61. The van der Waals surface area contributed by atoms with Gasteiger partial charge in [0.25, 0.3) is 5.91 Å². The molecule has 1 unspecified atom stereocenters. The van der Waals surface area contributed by atoms with Crippen molar-refractivity contribution in [2.24, 2.45) is 5.92 Å². The lowest BCUT2D eigenvalue weighted by Crippen LogP contribution is -2.33. The largest absolute Gasteiger partial charge is 0.484 e. The Bertz CT molecular complexity index is 506. The van der Waals surface area contributed by atoms with Gasteiger partial charge >= 0.3 is 5.97 Å². The Hall–Kier alpha value is -1.75. The van der Waals surface area contributed by atoms with Crippen molar-refractivity contribution in [2.45, 2.75) is 12.8 Å². The fourth-order valence-corrected chi connectivity index (χ4v) is 2.45. The number of halogens is 1. The van der Waals surface area contributed by atoms with Gasteiger partial charge in [-0.3, -0.25) is 9.59 Å². The molecule has 1 fully saturated rings. The van der Waals surface area contributed by atoms with Crippen LogP contribution in [0.3, 0.4) is 0 Å². The van der Waals surface area contributed by atoms with Crippen LogP contribution in [-0.4, -0.2) is 41.6 Å². The predicted molar refractivity (Wildman–Crippen MR) is 73.9 cm³/mol. The molecular weight excluding hydrogens is 282 g/mol. The van der Waals surface area contributed by atoms with Crippen LogP contribution >= 0.6 is 11.6 Å². The highest BCUT2D eigenvalue weighted by molar-refractivity contribution is 6.30. The summed E-state index contributed by atoms with van der Waals surface area (Å²) in [5, 5.41) is 9.29. The van der Waals surface area contributed by atoms with Crippen molar-refractivity contribution >= 4 is 23.5 Å². The zero-order chi connectivity index (χ0) is 14.5. The van der Waals surface area contributed by atoms with Gasteiger partial charge in [0.15, 0.2) is 6.61 Å². The Kier molecular flexibility index (Phi) is 4.84. The maximum Gasteiger partial charge on any atom is 0.303 e. The lowest BCUT2D eigenvalue weighted by atomic mass is 10.1. The lowest BCUT2D eigenvalue weighted by molar-refractivity contribution is -0.138. The Labute approximate surface area is 122 Å². The van der Waals surface area contributed by atoms with Crippen LogP contribution in [0.2, 0.25) is 5.02 Å². The second-order valence-electron chi connectivity index (χ2n) is 4.84. The maximum atomic E-state index is 12.0. The first-order valence-electron chi connectivity index (χ1n) is 6.42. The van der Waals surface area contributed by atoms with E-state index < -0.39 is 5.97 Å². The smallest absolute Gasteiger partial charge is 0.303 e. The first kappa shape index (κ1) is 14.7. The van der Waals surface area contributed by atoms with E-state index in [9.17, 15) is 9.59 Å². The van der Waals surface area contributed by atoms with E-state index >= 15 is 0 Å². The molecule has 1 aliphatic rings. The topological polar surface area (TPSA) is 66.8 Å². The molecule has 1 N–H and O–H groups in total. The van der Waals surface area contributed by atoms with E-state index in [-0.39, 0.29) is 24.9 Å². The van der Waals surface area contributed by atoms with Crippen LogP contribution in [0, 0.1) is 5.92 Å². The molecule has 6 heteroatoms. The average Bonchev–Trinajstić information content (AvgIpc) is 2.84. The quantitative estimate of drug-likeness (QED) is 0.903. The minimum absolute atomic E-state index is 0.0441. The monoisotopic (exact) mass is 297 g/mol. The molecule has 0 radical (unpaired) electrons. The SMILES string of the molecule is O=C(O)CC1CCN(C(=O)COc2cccc(Cl)c2)C1. The minimum Gasteiger partial charge on any atom is -0.484 e. The summed E-state index contributed by atoms with van der Waals surface area (Å²) in [6.07, 6.45) is 0.841. The predicted octanol–water partition coefficient (Wildman–Crippen LogP) is 2.04. The van der Waals surface area contributed by atoms with Crippen molar-refractivity contribution in [1.29, 1.82) is 0 Å². The molecule has 1 amide bonds. The number of carbonyl (C=O) groups is 2.